The van der Waals surface area contributed by atoms with Gasteiger partial charge in [0, 0.05) is 31.9 Å². The number of rotatable bonds is 2. The van der Waals surface area contributed by atoms with E-state index in [2.05, 4.69) is 10.3 Å². The van der Waals surface area contributed by atoms with Crippen molar-refractivity contribution in [2.45, 2.75) is 39.8 Å². The van der Waals surface area contributed by atoms with Gasteiger partial charge in [-0.05, 0) is 23.1 Å². The molecule has 0 bridgehead atoms. The molecule has 1 aliphatic heterocycles. The fourth-order valence-corrected chi connectivity index (χ4v) is 2.28. The van der Waals surface area contributed by atoms with Crippen LogP contribution in [0.4, 0.5) is 0 Å². The van der Waals surface area contributed by atoms with Crippen molar-refractivity contribution in [2.24, 2.45) is 5.41 Å². The standard InChI is InChI=1S/C15H21N3O2/c1-15(2,3)13-14(20)18(9-6-12(19)17-13)10-11-4-7-16-8-5-11/h4-5,7-8,13H,6,9-10H2,1-3H3,(H,17,19). The summed E-state index contributed by atoms with van der Waals surface area (Å²) in [4.78, 5) is 30.1. The van der Waals surface area contributed by atoms with E-state index < -0.39 is 6.04 Å². The second-order valence-electron chi connectivity index (χ2n) is 6.23. The molecule has 1 aromatic rings. The second kappa shape index (κ2) is 5.61. The Bertz CT molecular complexity index is 494. The van der Waals surface area contributed by atoms with Gasteiger partial charge in [0.05, 0.1) is 0 Å². The van der Waals surface area contributed by atoms with Crippen molar-refractivity contribution in [3.05, 3.63) is 30.1 Å². The third-order valence-corrected chi connectivity index (χ3v) is 3.46. The number of hydrogen-bond acceptors (Lipinski definition) is 3. The summed E-state index contributed by atoms with van der Waals surface area (Å²) >= 11 is 0. The van der Waals surface area contributed by atoms with Crippen molar-refractivity contribution in [1.29, 1.82) is 0 Å². The highest BCUT2D eigenvalue weighted by Crippen LogP contribution is 2.23. The Morgan fingerprint density at radius 1 is 1.30 bits per heavy atom. The van der Waals surface area contributed by atoms with Crippen molar-refractivity contribution >= 4 is 11.8 Å². The molecule has 0 aromatic carbocycles. The van der Waals surface area contributed by atoms with Crippen LogP contribution in [-0.2, 0) is 16.1 Å². The summed E-state index contributed by atoms with van der Waals surface area (Å²) in [6.45, 7) is 6.87. The number of carbonyl (C=O) groups excluding carboxylic acids is 2. The van der Waals surface area contributed by atoms with E-state index in [4.69, 9.17) is 0 Å². The highest BCUT2D eigenvalue weighted by atomic mass is 16.2. The lowest BCUT2D eigenvalue weighted by Crippen LogP contribution is -2.51. The maximum absolute atomic E-state index is 12.6. The number of pyridine rings is 1. The SMILES string of the molecule is CC(C)(C)C1NC(=O)CCN(Cc2ccncc2)C1=O. The van der Waals surface area contributed by atoms with Crippen molar-refractivity contribution in [3.63, 3.8) is 0 Å². The Morgan fingerprint density at radius 2 is 1.95 bits per heavy atom. The molecule has 0 spiro atoms. The van der Waals surface area contributed by atoms with Crippen LogP contribution in [0.25, 0.3) is 0 Å². The predicted octanol–water partition coefficient (Wildman–Crippen LogP) is 1.34. The van der Waals surface area contributed by atoms with Crippen LogP contribution in [-0.4, -0.2) is 34.3 Å². The van der Waals surface area contributed by atoms with E-state index >= 15 is 0 Å². The van der Waals surface area contributed by atoms with Gasteiger partial charge in [0.1, 0.15) is 6.04 Å². The summed E-state index contributed by atoms with van der Waals surface area (Å²) in [5.74, 6) is -0.0735. The molecule has 5 nitrogen and oxygen atoms in total. The zero-order chi connectivity index (χ0) is 14.8. The highest BCUT2D eigenvalue weighted by molar-refractivity contribution is 5.90. The molecule has 1 atom stereocenters. The quantitative estimate of drug-likeness (QED) is 0.886. The molecule has 2 rings (SSSR count). The number of hydrogen-bond donors (Lipinski definition) is 1. The highest BCUT2D eigenvalue weighted by Gasteiger charge is 2.37. The third-order valence-electron chi connectivity index (χ3n) is 3.46. The molecule has 0 radical (unpaired) electrons. The number of amides is 2. The number of nitrogens with zero attached hydrogens (tertiary/aromatic N) is 2. The summed E-state index contributed by atoms with van der Waals surface area (Å²) in [6, 6.07) is 3.30. The Kier molecular flexibility index (Phi) is 4.06. The summed E-state index contributed by atoms with van der Waals surface area (Å²) in [5, 5.41) is 2.84. The van der Waals surface area contributed by atoms with Gasteiger partial charge >= 0.3 is 0 Å². The molecular weight excluding hydrogens is 254 g/mol. The number of aromatic nitrogens is 1. The van der Waals surface area contributed by atoms with Gasteiger partial charge in [0.2, 0.25) is 11.8 Å². The molecule has 108 valence electrons. The van der Waals surface area contributed by atoms with Crippen LogP contribution in [0.3, 0.4) is 0 Å². The molecule has 1 aliphatic rings. The molecule has 1 aromatic heterocycles. The minimum absolute atomic E-state index is 0.0137. The van der Waals surface area contributed by atoms with E-state index in [1.165, 1.54) is 0 Å². The minimum Gasteiger partial charge on any atom is -0.344 e. The Hall–Kier alpha value is -1.91. The van der Waals surface area contributed by atoms with Crippen LogP contribution >= 0.6 is 0 Å². The maximum atomic E-state index is 12.6. The average molecular weight is 275 g/mol. The van der Waals surface area contributed by atoms with Gasteiger partial charge in [0.15, 0.2) is 0 Å². The van der Waals surface area contributed by atoms with E-state index in [1.807, 2.05) is 32.9 Å². The summed E-state index contributed by atoms with van der Waals surface area (Å²) in [5.41, 5.74) is 0.725. The van der Waals surface area contributed by atoms with Crippen molar-refractivity contribution in [2.75, 3.05) is 6.54 Å². The molecule has 2 heterocycles. The van der Waals surface area contributed by atoms with Gasteiger partial charge in [0.25, 0.3) is 0 Å². The Balaban J connectivity index is 2.20. The van der Waals surface area contributed by atoms with Crippen LogP contribution < -0.4 is 5.32 Å². The van der Waals surface area contributed by atoms with Crippen LogP contribution in [0, 0.1) is 5.41 Å². The van der Waals surface area contributed by atoms with Crippen LogP contribution in [0.2, 0.25) is 0 Å². The monoisotopic (exact) mass is 275 g/mol. The van der Waals surface area contributed by atoms with Gasteiger partial charge in [-0.3, -0.25) is 14.6 Å². The lowest BCUT2D eigenvalue weighted by atomic mass is 9.86. The lowest BCUT2D eigenvalue weighted by molar-refractivity contribution is -0.136. The van der Waals surface area contributed by atoms with Crippen molar-refractivity contribution in [3.8, 4) is 0 Å². The first-order valence-electron chi connectivity index (χ1n) is 6.85. The molecule has 1 fully saturated rings. The van der Waals surface area contributed by atoms with Crippen LogP contribution in [0.5, 0.6) is 0 Å². The van der Waals surface area contributed by atoms with E-state index in [1.54, 1.807) is 17.3 Å². The van der Waals surface area contributed by atoms with Gasteiger partial charge in [-0.2, -0.15) is 0 Å². The lowest BCUT2D eigenvalue weighted by Gasteiger charge is -2.32. The molecule has 1 unspecified atom stereocenters. The van der Waals surface area contributed by atoms with Gasteiger partial charge < -0.3 is 10.2 Å². The predicted molar refractivity (Wildman–Crippen MR) is 75.7 cm³/mol. The maximum Gasteiger partial charge on any atom is 0.246 e. The third kappa shape index (κ3) is 3.35. The molecule has 5 heteroatoms. The minimum atomic E-state index is -0.473. The fraction of sp³-hybridized carbons (Fsp3) is 0.533. The fourth-order valence-electron chi connectivity index (χ4n) is 2.28. The first kappa shape index (κ1) is 14.5. The molecular formula is C15H21N3O2. The number of nitrogens with one attached hydrogen (secondary N) is 1. The van der Waals surface area contributed by atoms with Crippen LogP contribution in [0.1, 0.15) is 32.8 Å². The van der Waals surface area contributed by atoms with Crippen molar-refractivity contribution in [1.82, 2.24) is 15.2 Å². The molecule has 20 heavy (non-hydrogen) atoms. The summed E-state index contributed by atoms with van der Waals surface area (Å²) in [7, 11) is 0. The van der Waals surface area contributed by atoms with E-state index in [9.17, 15) is 9.59 Å². The largest absolute Gasteiger partial charge is 0.344 e. The molecule has 0 aliphatic carbocycles. The topological polar surface area (TPSA) is 62.3 Å². The normalized spacial score (nSPS) is 20.6. The zero-order valence-corrected chi connectivity index (χ0v) is 12.2. The summed E-state index contributed by atoms with van der Waals surface area (Å²) < 4.78 is 0. The van der Waals surface area contributed by atoms with Crippen molar-refractivity contribution < 1.29 is 9.59 Å². The Labute approximate surface area is 119 Å². The average Bonchev–Trinajstić information content (AvgIpc) is 2.52. The summed E-state index contributed by atoms with van der Waals surface area (Å²) in [6.07, 6.45) is 3.77. The van der Waals surface area contributed by atoms with E-state index in [0.717, 1.165) is 5.56 Å². The second-order valence-corrected chi connectivity index (χ2v) is 6.23. The molecule has 1 N–H and O–H groups in total. The van der Waals surface area contributed by atoms with Gasteiger partial charge in [-0.15, -0.1) is 0 Å². The van der Waals surface area contributed by atoms with E-state index in [0.29, 0.717) is 19.5 Å². The molecule has 1 saturated heterocycles. The molecule has 2 amide bonds. The van der Waals surface area contributed by atoms with Crippen LogP contribution in [0.15, 0.2) is 24.5 Å². The smallest absolute Gasteiger partial charge is 0.246 e. The van der Waals surface area contributed by atoms with E-state index in [-0.39, 0.29) is 17.2 Å². The Morgan fingerprint density at radius 3 is 2.55 bits per heavy atom. The van der Waals surface area contributed by atoms with Gasteiger partial charge in [-0.25, -0.2) is 0 Å². The first-order valence-corrected chi connectivity index (χ1v) is 6.85. The zero-order valence-electron chi connectivity index (χ0n) is 12.2. The number of carbonyl (C=O) groups is 2. The molecule has 0 saturated carbocycles. The first-order chi connectivity index (χ1) is 9.38. The van der Waals surface area contributed by atoms with Gasteiger partial charge in [-0.1, -0.05) is 20.8 Å².